The third-order valence-corrected chi connectivity index (χ3v) is 5.12. The van der Waals surface area contributed by atoms with E-state index in [-0.39, 0.29) is 0 Å². The van der Waals surface area contributed by atoms with Crippen LogP contribution < -0.4 is 4.90 Å². The fourth-order valence-electron chi connectivity index (χ4n) is 3.09. The van der Waals surface area contributed by atoms with E-state index in [0.29, 0.717) is 5.92 Å². The summed E-state index contributed by atoms with van der Waals surface area (Å²) in [5.74, 6) is 1.91. The van der Waals surface area contributed by atoms with Gasteiger partial charge < -0.3 is 9.47 Å². The van der Waals surface area contributed by atoms with Crippen LogP contribution in [0, 0.1) is 5.92 Å². The Morgan fingerprint density at radius 1 is 1.24 bits per heavy atom. The highest BCUT2D eigenvalue weighted by atomic mass is 32.1. The lowest BCUT2D eigenvalue weighted by atomic mass is 9.99. The van der Waals surface area contributed by atoms with Gasteiger partial charge in [-0.25, -0.2) is 4.98 Å². The topological polar surface area (TPSA) is 34.0 Å². The van der Waals surface area contributed by atoms with Crippen LogP contribution in [-0.4, -0.2) is 27.6 Å². The summed E-state index contributed by atoms with van der Waals surface area (Å²) in [6.07, 6.45) is 6.94. The third kappa shape index (κ3) is 2.21. The zero-order valence-corrected chi connectivity index (χ0v) is 12.9. The number of aromatic nitrogens is 3. The van der Waals surface area contributed by atoms with Crippen LogP contribution in [0.15, 0.2) is 36.1 Å². The molecule has 1 aliphatic rings. The normalized spacial score (nSPS) is 15.6. The number of thiophene rings is 1. The Hall–Kier alpha value is -1.88. The highest BCUT2D eigenvalue weighted by Gasteiger charge is 2.28. The molecule has 108 valence electrons. The Bertz CT molecular complexity index is 754. The monoisotopic (exact) mass is 298 g/mol. The van der Waals surface area contributed by atoms with Crippen molar-refractivity contribution >= 4 is 27.2 Å². The van der Waals surface area contributed by atoms with Gasteiger partial charge in [0.05, 0.1) is 15.9 Å². The van der Waals surface area contributed by atoms with Gasteiger partial charge in [-0.1, -0.05) is 6.92 Å². The summed E-state index contributed by atoms with van der Waals surface area (Å²) in [5.41, 5.74) is 2.46. The van der Waals surface area contributed by atoms with Crippen molar-refractivity contribution < 1.29 is 0 Å². The van der Waals surface area contributed by atoms with E-state index < -0.39 is 0 Å². The molecule has 21 heavy (non-hydrogen) atoms. The summed E-state index contributed by atoms with van der Waals surface area (Å²) in [7, 11) is 0. The number of anilines is 1. The summed E-state index contributed by atoms with van der Waals surface area (Å²) >= 11 is 1.78. The van der Waals surface area contributed by atoms with E-state index in [0.717, 1.165) is 31.6 Å². The van der Waals surface area contributed by atoms with Gasteiger partial charge in [0.15, 0.2) is 0 Å². The third-order valence-electron chi connectivity index (χ3n) is 4.19. The first-order chi connectivity index (χ1) is 10.3. The van der Waals surface area contributed by atoms with Crippen molar-refractivity contribution in [2.45, 2.75) is 19.9 Å². The van der Waals surface area contributed by atoms with E-state index >= 15 is 0 Å². The van der Waals surface area contributed by atoms with Gasteiger partial charge in [0.1, 0.15) is 5.82 Å². The second kappa shape index (κ2) is 5.15. The van der Waals surface area contributed by atoms with E-state index in [2.05, 4.69) is 50.1 Å². The molecule has 4 heterocycles. The number of rotatable bonds is 4. The van der Waals surface area contributed by atoms with Gasteiger partial charge in [0.25, 0.3) is 0 Å². The minimum absolute atomic E-state index is 0.715. The smallest absolute Gasteiger partial charge is 0.108 e. The van der Waals surface area contributed by atoms with Crippen LogP contribution in [0.25, 0.3) is 10.2 Å². The van der Waals surface area contributed by atoms with Crippen molar-refractivity contribution in [1.82, 2.24) is 14.5 Å². The molecule has 3 aromatic rings. The molecule has 0 saturated carbocycles. The van der Waals surface area contributed by atoms with Gasteiger partial charge in [0.2, 0.25) is 0 Å². The van der Waals surface area contributed by atoms with Gasteiger partial charge in [-0.05, 0) is 17.5 Å². The molecule has 0 spiro atoms. The Morgan fingerprint density at radius 3 is 3.00 bits per heavy atom. The lowest BCUT2D eigenvalue weighted by Crippen LogP contribution is -2.48. The van der Waals surface area contributed by atoms with E-state index in [1.54, 1.807) is 11.3 Å². The van der Waals surface area contributed by atoms with E-state index in [1.807, 2.05) is 12.4 Å². The Morgan fingerprint density at radius 2 is 2.14 bits per heavy atom. The van der Waals surface area contributed by atoms with Crippen LogP contribution in [-0.2, 0) is 13.0 Å². The molecule has 1 saturated heterocycles. The number of imidazole rings is 1. The van der Waals surface area contributed by atoms with Crippen LogP contribution >= 0.6 is 11.3 Å². The molecule has 1 aliphatic heterocycles. The predicted octanol–water partition coefficient (Wildman–Crippen LogP) is 3.19. The van der Waals surface area contributed by atoms with Crippen LogP contribution in [0.2, 0.25) is 0 Å². The van der Waals surface area contributed by atoms with Crippen LogP contribution in [0.4, 0.5) is 5.69 Å². The molecule has 3 aromatic heterocycles. The second-order valence-electron chi connectivity index (χ2n) is 5.59. The molecule has 0 unspecified atom stereocenters. The van der Waals surface area contributed by atoms with Gasteiger partial charge in [0, 0.05) is 50.6 Å². The lowest BCUT2D eigenvalue weighted by Gasteiger charge is -2.41. The number of hydrogen-bond acceptors (Lipinski definition) is 4. The number of fused-ring (bicyclic) bond motifs is 1. The zero-order valence-electron chi connectivity index (χ0n) is 12.1. The molecule has 0 N–H and O–H groups in total. The fraction of sp³-hybridized carbons (Fsp3) is 0.375. The second-order valence-corrected chi connectivity index (χ2v) is 6.50. The first-order valence-electron chi connectivity index (χ1n) is 7.42. The summed E-state index contributed by atoms with van der Waals surface area (Å²) in [6.45, 7) is 5.49. The maximum Gasteiger partial charge on any atom is 0.108 e. The molecule has 0 aliphatic carbocycles. The van der Waals surface area contributed by atoms with Crippen LogP contribution in [0.1, 0.15) is 12.7 Å². The molecular weight excluding hydrogens is 280 g/mol. The molecular formula is C16H18N4S. The van der Waals surface area contributed by atoms with Crippen molar-refractivity contribution in [2.75, 3.05) is 18.0 Å². The van der Waals surface area contributed by atoms with E-state index in [4.69, 9.17) is 0 Å². The molecule has 0 amide bonds. The number of pyridine rings is 1. The highest BCUT2D eigenvalue weighted by molar-refractivity contribution is 7.17. The molecule has 0 bridgehead atoms. The fourth-order valence-corrected chi connectivity index (χ4v) is 3.98. The highest BCUT2D eigenvalue weighted by Crippen LogP contribution is 2.34. The van der Waals surface area contributed by atoms with E-state index in [9.17, 15) is 0 Å². The number of nitrogens with zero attached hydrogens (tertiary/aromatic N) is 4. The quantitative estimate of drug-likeness (QED) is 0.742. The van der Waals surface area contributed by atoms with Crippen molar-refractivity contribution in [1.29, 1.82) is 0 Å². The standard InChI is InChI=1S/C16H18N4S/c1-2-15-18-6-7-19(15)9-12-10-20(11-12)14-3-5-17-13-4-8-21-16(13)14/h3-8,12H,2,9-11H2,1H3. The van der Waals surface area contributed by atoms with Crippen molar-refractivity contribution in [2.24, 2.45) is 5.92 Å². The molecule has 0 radical (unpaired) electrons. The van der Waals surface area contributed by atoms with E-state index in [1.165, 1.54) is 16.2 Å². The summed E-state index contributed by atoms with van der Waals surface area (Å²) < 4.78 is 3.61. The molecule has 4 nitrogen and oxygen atoms in total. The zero-order chi connectivity index (χ0) is 14.2. The maximum atomic E-state index is 4.42. The number of aryl methyl sites for hydroxylation is 1. The summed E-state index contributed by atoms with van der Waals surface area (Å²) in [6, 6.07) is 4.24. The maximum absolute atomic E-state index is 4.42. The average Bonchev–Trinajstić information content (AvgIpc) is 3.10. The average molecular weight is 298 g/mol. The minimum Gasteiger partial charge on any atom is -0.369 e. The Balaban J connectivity index is 1.46. The molecule has 1 fully saturated rings. The van der Waals surface area contributed by atoms with Gasteiger partial charge >= 0.3 is 0 Å². The summed E-state index contributed by atoms with van der Waals surface area (Å²) in [5, 5.41) is 2.12. The SMILES string of the molecule is CCc1nccn1CC1CN(c2ccnc3ccsc23)C1. The first-order valence-corrected chi connectivity index (χ1v) is 8.30. The van der Waals surface area contributed by atoms with Crippen molar-refractivity contribution in [3.63, 3.8) is 0 Å². The van der Waals surface area contributed by atoms with Gasteiger partial charge in [-0.3, -0.25) is 4.98 Å². The molecule has 0 atom stereocenters. The van der Waals surface area contributed by atoms with Crippen molar-refractivity contribution in [3.8, 4) is 0 Å². The van der Waals surface area contributed by atoms with Crippen molar-refractivity contribution in [3.05, 3.63) is 41.9 Å². The van der Waals surface area contributed by atoms with Crippen LogP contribution in [0.5, 0.6) is 0 Å². The molecule has 5 heteroatoms. The van der Waals surface area contributed by atoms with Gasteiger partial charge in [-0.15, -0.1) is 11.3 Å². The Labute approximate surface area is 128 Å². The first kappa shape index (κ1) is 12.8. The minimum atomic E-state index is 0.715. The summed E-state index contributed by atoms with van der Waals surface area (Å²) in [4.78, 5) is 11.3. The number of hydrogen-bond donors (Lipinski definition) is 0. The lowest BCUT2D eigenvalue weighted by molar-refractivity contribution is 0.354. The largest absolute Gasteiger partial charge is 0.369 e. The van der Waals surface area contributed by atoms with Crippen LogP contribution in [0.3, 0.4) is 0 Å². The molecule has 0 aromatic carbocycles. The molecule has 4 rings (SSSR count). The van der Waals surface area contributed by atoms with Gasteiger partial charge in [-0.2, -0.15) is 0 Å². The predicted molar refractivity (Wildman–Crippen MR) is 86.9 cm³/mol. The Kier molecular flexibility index (Phi) is 3.15.